The molecule has 0 fully saturated rings. The quantitative estimate of drug-likeness (QED) is 0.644. The lowest BCUT2D eigenvalue weighted by molar-refractivity contribution is -0.385. The van der Waals surface area contributed by atoms with Crippen LogP contribution in [0.1, 0.15) is 26.3 Å². The summed E-state index contributed by atoms with van der Waals surface area (Å²) in [5.41, 5.74) is 5.91. The predicted octanol–water partition coefficient (Wildman–Crippen LogP) is 1.62. The molecule has 0 unspecified atom stereocenters. The van der Waals surface area contributed by atoms with Gasteiger partial charge in [0, 0.05) is 18.2 Å². The van der Waals surface area contributed by atoms with E-state index in [1.54, 1.807) is 30.3 Å². The molecule has 0 atom stereocenters. The second-order valence-electron chi connectivity index (χ2n) is 4.52. The van der Waals surface area contributed by atoms with Crippen molar-refractivity contribution in [1.29, 1.82) is 0 Å². The van der Waals surface area contributed by atoms with Crippen LogP contribution in [-0.2, 0) is 6.54 Å². The molecule has 0 spiro atoms. The number of nitrogens with zero attached hydrogens (tertiary/aromatic N) is 1. The maximum atomic E-state index is 12.1. The van der Waals surface area contributed by atoms with Crippen molar-refractivity contribution in [3.63, 3.8) is 0 Å². The van der Waals surface area contributed by atoms with Crippen molar-refractivity contribution < 1.29 is 14.5 Å². The van der Waals surface area contributed by atoms with Crippen LogP contribution in [0.25, 0.3) is 0 Å². The summed E-state index contributed by atoms with van der Waals surface area (Å²) in [5.74, 6) is -1.12. The van der Waals surface area contributed by atoms with Crippen LogP contribution in [-0.4, -0.2) is 16.7 Å². The number of para-hydroxylation sites is 1. The van der Waals surface area contributed by atoms with Gasteiger partial charge >= 0.3 is 0 Å². The molecule has 2 aromatic carbocycles. The third-order valence-corrected chi connectivity index (χ3v) is 3.01. The number of nitrogens with two attached hydrogens (primary N) is 1. The Labute approximate surface area is 125 Å². The van der Waals surface area contributed by atoms with Gasteiger partial charge in [0.25, 0.3) is 11.6 Å². The van der Waals surface area contributed by atoms with E-state index >= 15 is 0 Å². The lowest BCUT2D eigenvalue weighted by Crippen LogP contribution is -2.24. The normalized spacial score (nSPS) is 10.0. The number of rotatable bonds is 5. The Balaban J connectivity index is 2.12. The van der Waals surface area contributed by atoms with Gasteiger partial charge in [-0.15, -0.1) is 0 Å². The number of amides is 2. The van der Waals surface area contributed by atoms with Gasteiger partial charge in [0.1, 0.15) is 5.56 Å². The van der Waals surface area contributed by atoms with Gasteiger partial charge in [-0.05, 0) is 23.8 Å². The van der Waals surface area contributed by atoms with Gasteiger partial charge < -0.3 is 11.1 Å². The Bertz CT molecular complexity index is 743. The minimum Gasteiger partial charge on any atom is -0.366 e. The largest absolute Gasteiger partial charge is 0.366 e. The van der Waals surface area contributed by atoms with E-state index in [4.69, 9.17) is 5.73 Å². The maximum absolute atomic E-state index is 12.1. The first kappa shape index (κ1) is 15.2. The zero-order valence-electron chi connectivity index (χ0n) is 11.5. The molecule has 0 saturated carbocycles. The Morgan fingerprint density at radius 2 is 1.86 bits per heavy atom. The summed E-state index contributed by atoms with van der Waals surface area (Å²) in [6, 6.07) is 12.2. The number of benzene rings is 2. The van der Waals surface area contributed by atoms with E-state index in [1.165, 1.54) is 18.2 Å². The molecule has 0 saturated heterocycles. The molecular formula is C15H13N3O4. The molecule has 7 nitrogen and oxygen atoms in total. The van der Waals surface area contributed by atoms with Crippen LogP contribution in [0.15, 0.2) is 48.5 Å². The molecule has 0 aromatic heterocycles. The molecule has 0 aliphatic rings. The first-order valence-corrected chi connectivity index (χ1v) is 6.39. The fourth-order valence-corrected chi connectivity index (χ4v) is 1.94. The first-order chi connectivity index (χ1) is 10.5. The highest BCUT2D eigenvalue weighted by atomic mass is 16.6. The fourth-order valence-electron chi connectivity index (χ4n) is 1.94. The molecule has 2 aromatic rings. The van der Waals surface area contributed by atoms with Crippen LogP contribution in [0.2, 0.25) is 0 Å². The van der Waals surface area contributed by atoms with Gasteiger partial charge in [-0.1, -0.05) is 24.3 Å². The van der Waals surface area contributed by atoms with Crippen LogP contribution in [0, 0.1) is 10.1 Å². The number of primary amides is 1. The minimum absolute atomic E-state index is 0.0152. The Morgan fingerprint density at radius 1 is 1.14 bits per heavy atom. The van der Waals surface area contributed by atoms with E-state index < -0.39 is 16.7 Å². The molecule has 2 amide bonds. The third kappa shape index (κ3) is 3.45. The standard InChI is InChI=1S/C15H13N3O4/c16-14(19)11-5-3-4-10(8-11)9-17-15(20)12-6-1-2-7-13(12)18(21)22/h1-8H,9H2,(H2,16,19)(H,17,20). The van der Waals surface area contributed by atoms with E-state index in [2.05, 4.69) is 5.32 Å². The molecule has 0 aliphatic carbocycles. The van der Waals surface area contributed by atoms with E-state index in [9.17, 15) is 19.7 Å². The van der Waals surface area contributed by atoms with Crippen LogP contribution in [0.5, 0.6) is 0 Å². The molecule has 0 heterocycles. The third-order valence-electron chi connectivity index (χ3n) is 3.01. The van der Waals surface area contributed by atoms with E-state index in [0.717, 1.165) is 0 Å². The summed E-state index contributed by atoms with van der Waals surface area (Å²) in [6.45, 7) is 0.131. The van der Waals surface area contributed by atoms with Gasteiger partial charge in [0.15, 0.2) is 0 Å². The van der Waals surface area contributed by atoms with Crippen molar-refractivity contribution in [2.45, 2.75) is 6.54 Å². The molecular weight excluding hydrogens is 286 g/mol. The summed E-state index contributed by atoms with van der Waals surface area (Å²) >= 11 is 0. The molecule has 0 aliphatic heterocycles. The van der Waals surface area contributed by atoms with Gasteiger partial charge in [0.05, 0.1) is 4.92 Å². The molecule has 0 radical (unpaired) electrons. The lowest BCUT2D eigenvalue weighted by atomic mass is 10.1. The second kappa shape index (κ2) is 6.49. The van der Waals surface area contributed by atoms with Crippen LogP contribution < -0.4 is 11.1 Å². The molecule has 3 N–H and O–H groups in total. The molecule has 22 heavy (non-hydrogen) atoms. The van der Waals surface area contributed by atoms with Gasteiger partial charge in [-0.2, -0.15) is 0 Å². The summed E-state index contributed by atoms with van der Waals surface area (Å²) < 4.78 is 0. The highest BCUT2D eigenvalue weighted by Crippen LogP contribution is 2.17. The maximum Gasteiger partial charge on any atom is 0.282 e. The molecule has 2 rings (SSSR count). The summed E-state index contributed by atoms with van der Waals surface area (Å²) in [6.07, 6.45) is 0. The van der Waals surface area contributed by atoms with Crippen molar-refractivity contribution >= 4 is 17.5 Å². The zero-order chi connectivity index (χ0) is 16.1. The Kier molecular flexibility index (Phi) is 4.47. The van der Waals surface area contributed by atoms with Gasteiger partial charge in [-0.25, -0.2) is 0 Å². The number of hydrogen-bond acceptors (Lipinski definition) is 4. The first-order valence-electron chi connectivity index (χ1n) is 6.39. The summed E-state index contributed by atoms with van der Waals surface area (Å²) in [5, 5.41) is 13.5. The van der Waals surface area contributed by atoms with Crippen LogP contribution >= 0.6 is 0 Å². The van der Waals surface area contributed by atoms with Crippen LogP contribution in [0.4, 0.5) is 5.69 Å². The van der Waals surface area contributed by atoms with Gasteiger partial charge in [0.2, 0.25) is 5.91 Å². The second-order valence-corrected chi connectivity index (χ2v) is 4.52. The smallest absolute Gasteiger partial charge is 0.282 e. The average Bonchev–Trinajstić information content (AvgIpc) is 2.52. The fraction of sp³-hybridized carbons (Fsp3) is 0.0667. The number of nitro benzene ring substituents is 1. The van der Waals surface area contributed by atoms with Crippen LogP contribution in [0.3, 0.4) is 0 Å². The number of carbonyl (C=O) groups is 2. The summed E-state index contributed by atoms with van der Waals surface area (Å²) in [7, 11) is 0. The Hall–Kier alpha value is -3.22. The average molecular weight is 299 g/mol. The highest BCUT2D eigenvalue weighted by Gasteiger charge is 2.18. The van der Waals surface area contributed by atoms with Crippen molar-refractivity contribution in [3.8, 4) is 0 Å². The van der Waals surface area contributed by atoms with Crippen molar-refractivity contribution in [1.82, 2.24) is 5.32 Å². The lowest BCUT2D eigenvalue weighted by Gasteiger charge is -2.07. The topological polar surface area (TPSA) is 115 Å². The number of hydrogen-bond donors (Lipinski definition) is 2. The number of nitrogens with one attached hydrogen (secondary N) is 1. The number of carbonyl (C=O) groups excluding carboxylic acids is 2. The number of nitro groups is 1. The van der Waals surface area contributed by atoms with Crippen molar-refractivity contribution in [2.75, 3.05) is 0 Å². The molecule has 112 valence electrons. The van der Waals surface area contributed by atoms with E-state index in [1.807, 2.05) is 0 Å². The van der Waals surface area contributed by atoms with E-state index in [-0.39, 0.29) is 17.8 Å². The molecule has 0 bridgehead atoms. The Morgan fingerprint density at radius 3 is 2.55 bits per heavy atom. The van der Waals surface area contributed by atoms with E-state index in [0.29, 0.717) is 11.1 Å². The van der Waals surface area contributed by atoms with Crippen molar-refractivity contribution in [3.05, 3.63) is 75.3 Å². The minimum atomic E-state index is -0.609. The predicted molar refractivity (Wildman–Crippen MR) is 79.2 cm³/mol. The summed E-state index contributed by atoms with van der Waals surface area (Å²) in [4.78, 5) is 33.4. The molecule has 7 heteroatoms. The SMILES string of the molecule is NC(=O)c1cccc(CNC(=O)c2ccccc2[N+](=O)[O-])c1. The van der Waals surface area contributed by atoms with Gasteiger partial charge in [-0.3, -0.25) is 19.7 Å². The van der Waals surface area contributed by atoms with Crippen molar-refractivity contribution in [2.24, 2.45) is 5.73 Å². The monoisotopic (exact) mass is 299 g/mol. The highest BCUT2D eigenvalue weighted by molar-refractivity contribution is 5.98. The zero-order valence-corrected chi connectivity index (χ0v) is 11.5.